The van der Waals surface area contributed by atoms with Gasteiger partial charge in [-0.25, -0.2) is 4.79 Å². The van der Waals surface area contributed by atoms with Crippen LogP contribution >= 0.6 is 0 Å². The van der Waals surface area contributed by atoms with Gasteiger partial charge < -0.3 is 15.1 Å². The SMILES string of the molecule is CC(=O)N(c1ccc(NC(=O)N2CC(=O)N(CCC(F)(F)F)C2)cc1)C1CC1C. The van der Waals surface area contributed by atoms with Gasteiger partial charge in [0.15, 0.2) is 0 Å². The van der Waals surface area contributed by atoms with Gasteiger partial charge in [-0.1, -0.05) is 6.92 Å². The molecule has 2 atom stereocenters. The van der Waals surface area contributed by atoms with Crippen LogP contribution in [0.4, 0.5) is 29.3 Å². The Morgan fingerprint density at radius 1 is 1.24 bits per heavy atom. The van der Waals surface area contributed by atoms with Crippen molar-refractivity contribution in [3.63, 3.8) is 0 Å². The first kappa shape index (κ1) is 20.9. The van der Waals surface area contributed by atoms with E-state index in [0.29, 0.717) is 11.6 Å². The fraction of sp³-hybridized carbons (Fsp3) is 0.526. The second-order valence-electron chi connectivity index (χ2n) is 7.51. The normalized spacial score (nSPS) is 21.3. The highest BCUT2D eigenvalue weighted by Crippen LogP contribution is 2.38. The number of nitrogens with one attached hydrogen (secondary N) is 1. The molecule has 1 aliphatic carbocycles. The van der Waals surface area contributed by atoms with Gasteiger partial charge in [0.1, 0.15) is 6.54 Å². The van der Waals surface area contributed by atoms with Crippen molar-refractivity contribution in [3.05, 3.63) is 24.3 Å². The van der Waals surface area contributed by atoms with Crippen LogP contribution in [-0.4, -0.2) is 59.6 Å². The fourth-order valence-corrected chi connectivity index (χ4v) is 3.37. The van der Waals surface area contributed by atoms with E-state index >= 15 is 0 Å². The third-order valence-corrected chi connectivity index (χ3v) is 5.11. The minimum absolute atomic E-state index is 0.0503. The molecule has 1 heterocycles. The molecule has 0 bridgehead atoms. The average Bonchev–Trinajstić information content (AvgIpc) is 3.20. The molecule has 7 nitrogen and oxygen atoms in total. The molecule has 3 rings (SSSR count). The van der Waals surface area contributed by atoms with Gasteiger partial charge in [0, 0.05) is 30.9 Å². The van der Waals surface area contributed by atoms with E-state index in [1.165, 1.54) is 6.92 Å². The molecule has 1 aliphatic heterocycles. The van der Waals surface area contributed by atoms with Crippen molar-refractivity contribution in [1.82, 2.24) is 9.80 Å². The Morgan fingerprint density at radius 2 is 1.86 bits per heavy atom. The molecule has 2 aliphatic rings. The summed E-state index contributed by atoms with van der Waals surface area (Å²) in [5.74, 6) is -0.118. The summed E-state index contributed by atoms with van der Waals surface area (Å²) in [6.45, 7) is 2.66. The molecule has 1 N–H and O–H groups in total. The van der Waals surface area contributed by atoms with Gasteiger partial charge in [-0.05, 0) is 36.6 Å². The number of hydrogen-bond acceptors (Lipinski definition) is 3. The van der Waals surface area contributed by atoms with E-state index in [1.807, 2.05) is 0 Å². The maximum Gasteiger partial charge on any atom is 0.390 e. The van der Waals surface area contributed by atoms with Crippen LogP contribution < -0.4 is 10.2 Å². The molecule has 1 saturated carbocycles. The lowest BCUT2D eigenvalue weighted by atomic mass is 10.2. The van der Waals surface area contributed by atoms with E-state index < -0.39 is 31.1 Å². The van der Waals surface area contributed by atoms with Gasteiger partial charge in [-0.2, -0.15) is 13.2 Å². The Morgan fingerprint density at radius 3 is 2.38 bits per heavy atom. The molecule has 0 aromatic heterocycles. The highest BCUT2D eigenvalue weighted by atomic mass is 19.4. The van der Waals surface area contributed by atoms with Crippen LogP contribution in [-0.2, 0) is 9.59 Å². The summed E-state index contributed by atoms with van der Waals surface area (Å²) in [6, 6.07) is 6.37. The minimum Gasteiger partial charge on any atom is -0.323 e. The molecule has 10 heteroatoms. The van der Waals surface area contributed by atoms with Crippen molar-refractivity contribution in [2.75, 3.05) is 30.0 Å². The van der Waals surface area contributed by atoms with Crippen molar-refractivity contribution >= 4 is 29.2 Å². The summed E-state index contributed by atoms with van der Waals surface area (Å²) in [7, 11) is 0. The monoisotopic (exact) mass is 412 g/mol. The molecule has 2 fully saturated rings. The maximum atomic E-state index is 12.3. The molecule has 4 amide bonds. The predicted molar refractivity (Wildman–Crippen MR) is 100 cm³/mol. The number of alkyl halides is 3. The number of nitrogens with zero attached hydrogens (tertiary/aromatic N) is 3. The van der Waals surface area contributed by atoms with Gasteiger partial charge in [-0.3, -0.25) is 14.5 Å². The molecule has 2 unspecified atom stereocenters. The fourth-order valence-electron chi connectivity index (χ4n) is 3.37. The zero-order valence-electron chi connectivity index (χ0n) is 16.2. The van der Waals surface area contributed by atoms with E-state index in [1.54, 1.807) is 29.2 Å². The maximum absolute atomic E-state index is 12.3. The van der Waals surface area contributed by atoms with E-state index in [-0.39, 0.29) is 25.2 Å². The van der Waals surface area contributed by atoms with Gasteiger partial charge in [0.2, 0.25) is 11.8 Å². The first-order valence-corrected chi connectivity index (χ1v) is 9.35. The summed E-state index contributed by atoms with van der Waals surface area (Å²) in [5, 5.41) is 2.63. The summed E-state index contributed by atoms with van der Waals surface area (Å²) < 4.78 is 37.0. The molecule has 1 aromatic rings. The molecule has 0 radical (unpaired) electrons. The molecule has 1 aromatic carbocycles. The average molecular weight is 412 g/mol. The molecule has 158 valence electrons. The van der Waals surface area contributed by atoms with Crippen LogP contribution in [0, 0.1) is 5.92 Å². The van der Waals surface area contributed by atoms with Crippen LogP contribution in [0.3, 0.4) is 0 Å². The van der Waals surface area contributed by atoms with Gasteiger partial charge >= 0.3 is 12.2 Å². The van der Waals surface area contributed by atoms with Gasteiger partial charge in [0.25, 0.3) is 0 Å². The lowest BCUT2D eigenvalue weighted by Crippen LogP contribution is -2.35. The third-order valence-electron chi connectivity index (χ3n) is 5.11. The zero-order chi connectivity index (χ0) is 21.3. The Labute approximate surface area is 166 Å². The summed E-state index contributed by atoms with van der Waals surface area (Å²) >= 11 is 0. The van der Waals surface area contributed by atoms with Crippen LogP contribution in [0.5, 0.6) is 0 Å². The number of rotatable bonds is 5. The predicted octanol–water partition coefficient (Wildman–Crippen LogP) is 3.03. The highest BCUT2D eigenvalue weighted by molar-refractivity contribution is 5.95. The minimum atomic E-state index is -4.36. The summed E-state index contributed by atoms with van der Waals surface area (Å²) in [4.78, 5) is 40.0. The van der Waals surface area contributed by atoms with E-state index in [4.69, 9.17) is 0 Å². The number of amides is 4. The number of urea groups is 1. The second kappa shape index (κ2) is 7.92. The lowest BCUT2D eigenvalue weighted by molar-refractivity contribution is -0.142. The van der Waals surface area contributed by atoms with Crippen molar-refractivity contribution in [2.24, 2.45) is 5.92 Å². The van der Waals surface area contributed by atoms with Crippen LogP contribution in [0.25, 0.3) is 0 Å². The van der Waals surface area contributed by atoms with Gasteiger partial charge in [-0.15, -0.1) is 0 Å². The van der Waals surface area contributed by atoms with Crippen molar-refractivity contribution in [2.45, 2.75) is 38.9 Å². The molecular formula is C19H23F3N4O3. The number of carbonyl (C=O) groups excluding carboxylic acids is 3. The highest BCUT2D eigenvalue weighted by Gasteiger charge is 2.40. The number of hydrogen-bond donors (Lipinski definition) is 1. The first-order chi connectivity index (χ1) is 13.5. The van der Waals surface area contributed by atoms with E-state index in [9.17, 15) is 27.6 Å². The van der Waals surface area contributed by atoms with Crippen molar-refractivity contribution < 1.29 is 27.6 Å². The molecule has 1 saturated heterocycles. The molecular weight excluding hydrogens is 389 g/mol. The van der Waals surface area contributed by atoms with Crippen LogP contribution in [0.15, 0.2) is 24.3 Å². The Kier molecular flexibility index (Phi) is 5.72. The Hall–Kier alpha value is -2.78. The number of anilines is 2. The standard InChI is InChI=1S/C19H23F3N4O3/c1-12-9-16(12)26(13(2)27)15-5-3-14(4-6-15)23-18(29)25-10-17(28)24(11-25)8-7-19(20,21)22/h3-6,12,16H,7-11H2,1-2H3,(H,23,29). The summed E-state index contributed by atoms with van der Waals surface area (Å²) in [6.07, 6.45) is -4.52. The zero-order valence-corrected chi connectivity index (χ0v) is 16.2. The third kappa shape index (κ3) is 5.18. The Bertz CT molecular complexity index is 797. The quantitative estimate of drug-likeness (QED) is 0.808. The number of benzene rings is 1. The van der Waals surface area contributed by atoms with Crippen LogP contribution in [0.1, 0.15) is 26.7 Å². The van der Waals surface area contributed by atoms with Crippen molar-refractivity contribution in [3.8, 4) is 0 Å². The van der Waals surface area contributed by atoms with E-state index in [2.05, 4.69) is 12.2 Å². The smallest absolute Gasteiger partial charge is 0.323 e. The Balaban J connectivity index is 1.57. The van der Waals surface area contributed by atoms with Gasteiger partial charge in [0.05, 0.1) is 13.1 Å². The van der Waals surface area contributed by atoms with E-state index in [0.717, 1.165) is 21.9 Å². The molecule has 29 heavy (non-hydrogen) atoms. The second-order valence-corrected chi connectivity index (χ2v) is 7.51. The van der Waals surface area contributed by atoms with Crippen LogP contribution in [0.2, 0.25) is 0 Å². The largest absolute Gasteiger partial charge is 0.390 e. The lowest BCUT2D eigenvalue weighted by Gasteiger charge is -2.22. The number of carbonyl (C=O) groups is 3. The molecule has 0 spiro atoms. The summed E-state index contributed by atoms with van der Waals surface area (Å²) in [5.41, 5.74) is 1.20. The number of halogens is 3. The van der Waals surface area contributed by atoms with Crippen molar-refractivity contribution in [1.29, 1.82) is 0 Å². The topological polar surface area (TPSA) is 73.0 Å². The first-order valence-electron chi connectivity index (χ1n) is 9.35.